The number of para-hydroxylation sites is 2. The maximum Gasteiger partial charge on any atom is 0.302 e. The largest absolute Gasteiger partial charge is 0.469 e. The lowest BCUT2D eigenvalue weighted by Crippen LogP contribution is -1.88. The highest BCUT2D eigenvalue weighted by Crippen LogP contribution is 2.19. The summed E-state index contributed by atoms with van der Waals surface area (Å²) in [7, 11) is 1.35. The highest BCUT2D eigenvalue weighted by molar-refractivity contribution is 5.65. The highest BCUT2D eigenvalue weighted by Gasteiger charge is 1.92. The molecule has 0 spiro atoms. The molecule has 94 valence electrons. The molecule has 18 heavy (non-hydrogen) atoms. The van der Waals surface area contributed by atoms with Gasteiger partial charge in [-0.05, 0) is 24.3 Å². The van der Waals surface area contributed by atoms with Crippen LogP contribution in [0.2, 0.25) is 0 Å². The summed E-state index contributed by atoms with van der Waals surface area (Å²) in [6.45, 7) is 1.36. The Kier molecular flexibility index (Phi) is 6.04. The molecule has 0 amide bonds. The zero-order chi connectivity index (χ0) is 13.2. The Labute approximate surface area is 107 Å². The standard InChI is InChI=1S/C12H10O.C3H6O2/c1-3-7-11(8-4-1)13-12-9-5-2-6-10-12;1-3(4)5-2/h1-10H;1-2H3. The van der Waals surface area contributed by atoms with Crippen molar-refractivity contribution in [1.29, 1.82) is 0 Å². The number of hydrogen-bond acceptors (Lipinski definition) is 3. The number of hydrogen-bond donors (Lipinski definition) is 0. The molecular weight excluding hydrogens is 228 g/mol. The number of rotatable bonds is 2. The Morgan fingerprint density at radius 3 is 1.44 bits per heavy atom. The molecular formula is C15H16O3. The van der Waals surface area contributed by atoms with Gasteiger partial charge in [-0.2, -0.15) is 0 Å². The van der Waals surface area contributed by atoms with Crippen LogP contribution >= 0.6 is 0 Å². The molecule has 0 atom stereocenters. The SMILES string of the molecule is COC(C)=O.c1ccc(Oc2ccccc2)cc1. The fourth-order valence-electron chi connectivity index (χ4n) is 1.11. The fraction of sp³-hybridized carbons (Fsp3) is 0.133. The second kappa shape index (κ2) is 7.90. The molecule has 0 aliphatic rings. The highest BCUT2D eigenvalue weighted by atomic mass is 16.5. The molecule has 3 nitrogen and oxygen atoms in total. The summed E-state index contributed by atoms with van der Waals surface area (Å²) >= 11 is 0. The van der Waals surface area contributed by atoms with Crippen LogP contribution in [-0.2, 0) is 9.53 Å². The van der Waals surface area contributed by atoms with Crippen molar-refractivity contribution in [1.82, 2.24) is 0 Å². The molecule has 0 aromatic heterocycles. The van der Waals surface area contributed by atoms with Gasteiger partial charge in [0.2, 0.25) is 0 Å². The van der Waals surface area contributed by atoms with Crippen LogP contribution in [0.4, 0.5) is 0 Å². The Morgan fingerprint density at radius 1 is 0.833 bits per heavy atom. The lowest BCUT2D eigenvalue weighted by atomic mass is 10.3. The number of benzene rings is 2. The fourth-order valence-corrected chi connectivity index (χ4v) is 1.11. The Balaban J connectivity index is 0.000000280. The summed E-state index contributed by atoms with van der Waals surface area (Å²) < 4.78 is 9.69. The molecule has 0 aliphatic heterocycles. The van der Waals surface area contributed by atoms with E-state index in [2.05, 4.69) is 4.74 Å². The molecule has 0 radical (unpaired) electrons. The first-order chi connectivity index (χ1) is 8.72. The van der Waals surface area contributed by atoms with E-state index < -0.39 is 0 Å². The number of methoxy groups -OCH3 is 1. The third-order valence-electron chi connectivity index (χ3n) is 2.01. The lowest BCUT2D eigenvalue weighted by Gasteiger charge is -2.03. The van der Waals surface area contributed by atoms with Gasteiger partial charge in [0.15, 0.2) is 0 Å². The van der Waals surface area contributed by atoms with Crippen molar-refractivity contribution in [3.8, 4) is 11.5 Å². The maximum atomic E-state index is 9.59. The van der Waals surface area contributed by atoms with Crippen LogP contribution in [0.3, 0.4) is 0 Å². The smallest absolute Gasteiger partial charge is 0.302 e. The summed E-state index contributed by atoms with van der Waals surface area (Å²) in [4.78, 5) is 9.59. The molecule has 0 bridgehead atoms. The zero-order valence-corrected chi connectivity index (χ0v) is 10.5. The van der Waals surface area contributed by atoms with Crippen LogP contribution in [0.15, 0.2) is 60.7 Å². The average Bonchev–Trinajstić information content (AvgIpc) is 2.42. The van der Waals surface area contributed by atoms with Gasteiger partial charge in [0.25, 0.3) is 0 Å². The maximum absolute atomic E-state index is 9.59. The van der Waals surface area contributed by atoms with Gasteiger partial charge in [0, 0.05) is 6.92 Å². The first-order valence-corrected chi connectivity index (χ1v) is 5.55. The van der Waals surface area contributed by atoms with Gasteiger partial charge in [0.05, 0.1) is 7.11 Å². The molecule has 3 heteroatoms. The minimum absolute atomic E-state index is 0.245. The molecule has 0 unspecified atom stereocenters. The molecule has 0 saturated heterocycles. The zero-order valence-electron chi connectivity index (χ0n) is 10.5. The first kappa shape index (κ1) is 13.8. The third kappa shape index (κ3) is 5.70. The van der Waals surface area contributed by atoms with E-state index in [0.717, 1.165) is 11.5 Å². The number of esters is 1. The van der Waals surface area contributed by atoms with Crippen molar-refractivity contribution in [2.45, 2.75) is 6.92 Å². The van der Waals surface area contributed by atoms with Crippen molar-refractivity contribution in [3.05, 3.63) is 60.7 Å². The van der Waals surface area contributed by atoms with Gasteiger partial charge >= 0.3 is 5.97 Å². The summed E-state index contributed by atoms with van der Waals surface area (Å²) in [6.07, 6.45) is 0. The van der Waals surface area contributed by atoms with Gasteiger partial charge in [-0.25, -0.2) is 0 Å². The minimum atomic E-state index is -0.245. The molecule has 0 heterocycles. The predicted molar refractivity (Wildman–Crippen MR) is 70.6 cm³/mol. The monoisotopic (exact) mass is 244 g/mol. The Hall–Kier alpha value is -2.29. The van der Waals surface area contributed by atoms with Crippen molar-refractivity contribution in [2.24, 2.45) is 0 Å². The molecule has 0 fully saturated rings. The van der Waals surface area contributed by atoms with Crippen molar-refractivity contribution in [2.75, 3.05) is 7.11 Å². The van der Waals surface area contributed by atoms with E-state index >= 15 is 0 Å². The Morgan fingerprint density at radius 2 is 1.17 bits per heavy atom. The number of ether oxygens (including phenoxy) is 2. The van der Waals surface area contributed by atoms with E-state index in [1.807, 2.05) is 60.7 Å². The van der Waals surface area contributed by atoms with E-state index in [4.69, 9.17) is 4.74 Å². The second-order valence-corrected chi connectivity index (χ2v) is 3.42. The van der Waals surface area contributed by atoms with Gasteiger partial charge in [-0.15, -0.1) is 0 Å². The molecule has 2 aromatic carbocycles. The molecule has 0 saturated carbocycles. The third-order valence-corrected chi connectivity index (χ3v) is 2.01. The van der Waals surface area contributed by atoms with E-state index in [-0.39, 0.29) is 5.97 Å². The van der Waals surface area contributed by atoms with Gasteiger partial charge in [0.1, 0.15) is 11.5 Å². The van der Waals surface area contributed by atoms with E-state index in [1.54, 1.807) is 0 Å². The van der Waals surface area contributed by atoms with Gasteiger partial charge in [-0.1, -0.05) is 36.4 Å². The van der Waals surface area contributed by atoms with Crippen LogP contribution in [0, 0.1) is 0 Å². The second-order valence-electron chi connectivity index (χ2n) is 3.42. The van der Waals surface area contributed by atoms with Gasteiger partial charge < -0.3 is 9.47 Å². The molecule has 0 aliphatic carbocycles. The summed E-state index contributed by atoms with van der Waals surface area (Å²) in [5, 5.41) is 0. The van der Waals surface area contributed by atoms with Crippen LogP contribution in [0.25, 0.3) is 0 Å². The van der Waals surface area contributed by atoms with Crippen molar-refractivity contribution in [3.63, 3.8) is 0 Å². The van der Waals surface area contributed by atoms with Crippen molar-refractivity contribution >= 4 is 5.97 Å². The number of carbonyl (C=O) groups is 1. The van der Waals surface area contributed by atoms with Crippen molar-refractivity contribution < 1.29 is 14.3 Å². The van der Waals surface area contributed by atoms with E-state index in [9.17, 15) is 4.79 Å². The van der Waals surface area contributed by atoms with E-state index in [1.165, 1.54) is 14.0 Å². The number of carbonyl (C=O) groups excluding carboxylic acids is 1. The minimum Gasteiger partial charge on any atom is -0.469 e. The van der Waals surface area contributed by atoms with Crippen LogP contribution < -0.4 is 4.74 Å². The van der Waals surface area contributed by atoms with Crippen LogP contribution in [-0.4, -0.2) is 13.1 Å². The average molecular weight is 244 g/mol. The van der Waals surface area contributed by atoms with Crippen LogP contribution in [0.1, 0.15) is 6.92 Å². The quantitative estimate of drug-likeness (QED) is 0.756. The normalized spacial score (nSPS) is 8.78. The molecule has 0 N–H and O–H groups in total. The summed E-state index contributed by atoms with van der Waals surface area (Å²) in [6, 6.07) is 19.5. The Bertz CT molecular complexity index is 414. The lowest BCUT2D eigenvalue weighted by molar-refractivity contribution is -0.137. The summed E-state index contributed by atoms with van der Waals surface area (Å²) in [5.74, 6) is 1.49. The van der Waals surface area contributed by atoms with Crippen LogP contribution in [0.5, 0.6) is 11.5 Å². The predicted octanol–water partition coefficient (Wildman–Crippen LogP) is 3.66. The van der Waals surface area contributed by atoms with E-state index in [0.29, 0.717) is 0 Å². The van der Waals surface area contributed by atoms with Gasteiger partial charge in [-0.3, -0.25) is 4.79 Å². The molecule has 2 aromatic rings. The molecule has 2 rings (SSSR count). The first-order valence-electron chi connectivity index (χ1n) is 5.55. The summed E-state index contributed by atoms with van der Waals surface area (Å²) in [5.41, 5.74) is 0. The topological polar surface area (TPSA) is 35.5 Å².